The minimum atomic E-state index is -1.30. The molecule has 0 saturated carbocycles. The summed E-state index contributed by atoms with van der Waals surface area (Å²) in [6.07, 6.45) is 1.78. The van der Waals surface area contributed by atoms with Gasteiger partial charge in [0.15, 0.2) is 6.17 Å². The Morgan fingerprint density at radius 1 is 1.39 bits per heavy atom. The van der Waals surface area contributed by atoms with Crippen molar-refractivity contribution >= 4 is 17.5 Å². The first kappa shape index (κ1) is 23.2. The van der Waals surface area contributed by atoms with Crippen molar-refractivity contribution in [1.29, 1.82) is 0 Å². The summed E-state index contributed by atoms with van der Waals surface area (Å²) in [7, 11) is 1.67. The van der Waals surface area contributed by atoms with Crippen LogP contribution >= 0.6 is 0 Å². The Balaban J connectivity index is 1.77. The zero-order valence-electron chi connectivity index (χ0n) is 17.8. The standard InChI is InChI=1S/C20H30FN7O3/c1-12(29)28-7-4-13(5-8-28)15-3-6-23-10-16(15)25-20(30)17(18(22)26-31)19-24-9-14(21)11-27(19)2/h3,6,10,13-14,17-19,24H,4-5,7-9,11,22H2,1-2H3,(H,25,30). The highest BCUT2D eigenvalue weighted by Gasteiger charge is 2.40. The highest BCUT2D eigenvalue weighted by molar-refractivity contribution is 5.94. The predicted molar refractivity (Wildman–Crippen MR) is 114 cm³/mol. The number of amides is 2. The summed E-state index contributed by atoms with van der Waals surface area (Å²) in [5, 5.41) is 8.69. The fourth-order valence-electron chi connectivity index (χ4n) is 4.43. The molecule has 4 N–H and O–H groups in total. The number of piperidine rings is 1. The van der Waals surface area contributed by atoms with Gasteiger partial charge in [0.05, 0.1) is 18.1 Å². The number of rotatable bonds is 6. The molecule has 0 aromatic carbocycles. The van der Waals surface area contributed by atoms with Crippen molar-refractivity contribution in [1.82, 2.24) is 20.1 Å². The molecule has 4 unspecified atom stereocenters. The minimum Gasteiger partial charge on any atom is -0.343 e. The number of nitrogens with two attached hydrogens (primary N) is 1. The highest BCUT2D eigenvalue weighted by atomic mass is 19.1. The summed E-state index contributed by atoms with van der Waals surface area (Å²) < 4.78 is 13.7. The molecule has 3 heterocycles. The number of hydrogen-bond acceptors (Lipinski definition) is 8. The van der Waals surface area contributed by atoms with Crippen LogP contribution in [0.4, 0.5) is 10.1 Å². The number of likely N-dealkylation sites (tertiary alicyclic amines) is 1. The molecule has 10 nitrogen and oxygen atoms in total. The zero-order chi connectivity index (χ0) is 22.5. The summed E-state index contributed by atoms with van der Waals surface area (Å²) in [5.41, 5.74) is 7.33. The van der Waals surface area contributed by atoms with Gasteiger partial charge in [-0.2, -0.15) is 0 Å². The maximum atomic E-state index is 13.7. The van der Waals surface area contributed by atoms with Crippen LogP contribution in [0.5, 0.6) is 0 Å². The van der Waals surface area contributed by atoms with Crippen LogP contribution in [0.15, 0.2) is 23.6 Å². The van der Waals surface area contributed by atoms with Crippen LogP contribution in [0.25, 0.3) is 0 Å². The number of carbonyl (C=O) groups is 2. The van der Waals surface area contributed by atoms with Gasteiger partial charge in [-0.25, -0.2) is 4.39 Å². The Labute approximate surface area is 180 Å². The van der Waals surface area contributed by atoms with Gasteiger partial charge in [0, 0.05) is 39.3 Å². The molecule has 170 valence electrons. The number of nitroso groups, excluding NO2 is 1. The molecule has 0 spiro atoms. The van der Waals surface area contributed by atoms with Gasteiger partial charge in [-0.3, -0.25) is 24.8 Å². The number of pyridine rings is 1. The Morgan fingerprint density at radius 3 is 2.71 bits per heavy atom. The van der Waals surface area contributed by atoms with E-state index in [0.29, 0.717) is 18.8 Å². The third-order valence-corrected chi connectivity index (χ3v) is 6.13. The topological polar surface area (TPSA) is 133 Å². The number of hydrogen-bond donors (Lipinski definition) is 3. The molecule has 2 aliphatic rings. The maximum Gasteiger partial charge on any atom is 0.234 e. The van der Waals surface area contributed by atoms with E-state index in [1.54, 1.807) is 31.3 Å². The average molecular weight is 436 g/mol. The van der Waals surface area contributed by atoms with E-state index >= 15 is 0 Å². The maximum absolute atomic E-state index is 13.7. The molecule has 31 heavy (non-hydrogen) atoms. The van der Waals surface area contributed by atoms with Crippen LogP contribution in [0.2, 0.25) is 0 Å². The van der Waals surface area contributed by atoms with Crippen molar-refractivity contribution in [3.05, 3.63) is 28.9 Å². The molecule has 0 bridgehead atoms. The number of alkyl halides is 1. The second-order valence-corrected chi connectivity index (χ2v) is 8.24. The highest BCUT2D eigenvalue weighted by Crippen LogP contribution is 2.33. The van der Waals surface area contributed by atoms with Gasteiger partial charge >= 0.3 is 0 Å². The average Bonchev–Trinajstić information content (AvgIpc) is 2.75. The lowest BCUT2D eigenvalue weighted by molar-refractivity contribution is -0.129. The Bertz CT molecular complexity index is 803. The molecular weight excluding hydrogens is 405 g/mol. The van der Waals surface area contributed by atoms with Gasteiger partial charge in [-0.15, -0.1) is 4.91 Å². The zero-order valence-corrected chi connectivity index (χ0v) is 17.8. The summed E-state index contributed by atoms with van der Waals surface area (Å²) in [6.45, 7) is 3.06. The van der Waals surface area contributed by atoms with Crippen molar-refractivity contribution in [3.63, 3.8) is 0 Å². The number of anilines is 1. The SMILES string of the molecule is CC(=O)N1CCC(c2ccncc2NC(=O)C(C(N)N=O)C2NCC(F)CN2C)CC1. The van der Waals surface area contributed by atoms with E-state index in [9.17, 15) is 18.9 Å². The van der Waals surface area contributed by atoms with E-state index in [1.165, 1.54) is 0 Å². The lowest BCUT2D eigenvalue weighted by Gasteiger charge is -2.40. The van der Waals surface area contributed by atoms with Crippen LogP contribution in [-0.4, -0.2) is 78.3 Å². The number of carbonyl (C=O) groups excluding carboxylic acids is 2. The van der Waals surface area contributed by atoms with Crippen LogP contribution in [0.3, 0.4) is 0 Å². The largest absolute Gasteiger partial charge is 0.343 e. The van der Waals surface area contributed by atoms with Crippen molar-refractivity contribution < 1.29 is 14.0 Å². The lowest BCUT2D eigenvalue weighted by atomic mass is 9.88. The monoisotopic (exact) mass is 435 g/mol. The van der Waals surface area contributed by atoms with E-state index in [-0.39, 0.29) is 24.9 Å². The fourth-order valence-corrected chi connectivity index (χ4v) is 4.43. The molecule has 2 saturated heterocycles. The first-order valence-electron chi connectivity index (χ1n) is 10.5. The molecule has 1 aromatic rings. The summed E-state index contributed by atoms with van der Waals surface area (Å²) in [5.74, 6) is -1.28. The first-order chi connectivity index (χ1) is 14.8. The molecule has 4 atom stereocenters. The molecule has 2 fully saturated rings. The third-order valence-electron chi connectivity index (χ3n) is 6.13. The van der Waals surface area contributed by atoms with E-state index in [2.05, 4.69) is 20.8 Å². The molecule has 3 rings (SSSR count). The Kier molecular flexibility index (Phi) is 7.63. The van der Waals surface area contributed by atoms with Crippen molar-refractivity contribution in [3.8, 4) is 0 Å². The molecule has 2 aliphatic heterocycles. The number of nitrogens with zero attached hydrogens (tertiary/aromatic N) is 4. The Hall–Kier alpha value is -2.50. The van der Waals surface area contributed by atoms with Crippen molar-refractivity contribution in [2.45, 2.75) is 44.2 Å². The van der Waals surface area contributed by atoms with E-state index in [0.717, 1.165) is 18.4 Å². The number of halogens is 1. The van der Waals surface area contributed by atoms with E-state index in [1.807, 2.05) is 11.0 Å². The quantitative estimate of drug-likeness (QED) is 0.558. The van der Waals surface area contributed by atoms with Gasteiger partial charge < -0.3 is 16.0 Å². The molecule has 11 heteroatoms. The minimum absolute atomic E-state index is 0.0551. The van der Waals surface area contributed by atoms with Gasteiger partial charge in [-0.05, 0) is 37.4 Å². The second-order valence-electron chi connectivity index (χ2n) is 8.24. The van der Waals surface area contributed by atoms with Crippen LogP contribution in [-0.2, 0) is 9.59 Å². The van der Waals surface area contributed by atoms with Crippen LogP contribution < -0.4 is 16.4 Å². The van der Waals surface area contributed by atoms with Crippen molar-refractivity contribution in [2.75, 3.05) is 38.5 Å². The third kappa shape index (κ3) is 5.41. The Morgan fingerprint density at radius 2 is 2.10 bits per heavy atom. The van der Waals surface area contributed by atoms with Crippen molar-refractivity contribution in [2.24, 2.45) is 16.8 Å². The molecule has 1 aromatic heterocycles. The summed E-state index contributed by atoms with van der Waals surface area (Å²) >= 11 is 0. The lowest BCUT2D eigenvalue weighted by Crippen LogP contribution is -2.62. The molecular formula is C20H30FN7O3. The second kappa shape index (κ2) is 10.2. The van der Waals surface area contributed by atoms with Crippen LogP contribution in [0.1, 0.15) is 31.2 Å². The fraction of sp³-hybridized carbons (Fsp3) is 0.650. The van der Waals surface area contributed by atoms with Crippen LogP contribution in [0, 0.1) is 10.8 Å². The predicted octanol–water partition coefficient (Wildman–Crippen LogP) is 0.613. The van der Waals surface area contributed by atoms with E-state index < -0.39 is 30.3 Å². The van der Waals surface area contributed by atoms with Gasteiger partial charge in [0.1, 0.15) is 12.1 Å². The summed E-state index contributed by atoms with van der Waals surface area (Å²) in [4.78, 5) is 43.5. The normalized spacial score (nSPS) is 25.0. The smallest absolute Gasteiger partial charge is 0.234 e. The molecule has 2 amide bonds. The number of aromatic nitrogens is 1. The van der Waals surface area contributed by atoms with Gasteiger partial charge in [0.2, 0.25) is 11.8 Å². The molecule has 0 aliphatic carbocycles. The van der Waals surface area contributed by atoms with E-state index in [4.69, 9.17) is 5.73 Å². The first-order valence-corrected chi connectivity index (χ1v) is 10.5. The summed E-state index contributed by atoms with van der Waals surface area (Å²) in [6, 6.07) is 1.86. The molecule has 0 radical (unpaired) electrons. The van der Waals surface area contributed by atoms with Gasteiger partial charge in [-0.1, -0.05) is 5.18 Å². The van der Waals surface area contributed by atoms with Gasteiger partial charge in [0.25, 0.3) is 0 Å². The number of nitrogens with one attached hydrogen (secondary N) is 2.